The van der Waals surface area contributed by atoms with Crippen molar-refractivity contribution in [2.24, 2.45) is 4.99 Å². The molecule has 1 saturated heterocycles. The maximum Gasteiger partial charge on any atom is 0.191 e. The lowest BCUT2D eigenvalue weighted by Crippen LogP contribution is -2.49. The Balaban J connectivity index is 0.00000361. The van der Waals surface area contributed by atoms with Gasteiger partial charge in [-0.3, -0.25) is 9.89 Å². The first-order chi connectivity index (χ1) is 9.17. The van der Waals surface area contributed by atoms with Crippen molar-refractivity contribution in [1.29, 1.82) is 0 Å². The molecule has 1 unspecified atom stereocenters. The van der Waals surface area contributed by atoms with E-state index in [9.17, 15) is 0 Å². The van der Waals surface area contributed by atoms with Gasteiger partial charge in [-0.25, -0.2) is 0 Å². The third kappa shape index (κ3) is 7.44. The fourth-order valence-corrected chi connectivity index (χ4v) is 2.11. The molecule has 5 nitrogen and oxygen atoms in total. The number of guanidine groups is 1. The van der Waals surface area contributed by atoms with Gasteiger partial charge >= 0.3 is 0 Å². The summed E-state index contributed by atoms with van der Waals surface area (Å²) in [6, 6.07) is 0.493. The molecule has 6 heteroatoms. The molecule has 1 aliphatic heterocycles. The average Bonchev–Trinajstić information content (AvgIpc) is 2.42. The fraction of sp³-hybridized carbons (Fsp3) is 0.786. The van der Waals surface area contributed by atoms with Crippen LogP contribution in [-0.2, 0) is 0 Å². The molecule has 1 fully saturated rings. The number of hydrogen-bond acceptors (Lipinski definition) is 3. The quantitative estimate of drug-likeness (QED) is 0.305. The van der Waals surface area contributed by atoms with Crippen molar-refractivity contribution in [3.8, 4) is 0 Å². The molecule has 0 spiro atoms. The molecule has 0 aliphatic carbocycles. The number of aliphatic imine (C=N–C) groups is 1. The zero-order valence-corrected chi connectivity index (χ0v) is 15.4. The second kappa shape index (κ2) is 11.3. The maximum atomic E-state index is 4.64. The van der Waals surface area contributed by atoms with Gasteiger partial charge in [0.2, 0.25) is 0 Å². The monoisotopic (exact) mass is 395 g/mol. The fourth-order valence-electron chi connectivity index (χ4n) is 2.11. The molecular weight excluding hydrogens is 365 g/mol. The van der Waals surface area contributed by atoms with Crippen LogP contribution in [-0.4, -0.2) is 74.7 Å². The molecule has 0 aromatic heterocycles. The minimum absolute atomic E-state index is 0. The van der Waals surface area contributed by atoms with Gasteiger partial charge in [0, 0.05) is 45.3 Å². The highest BCUT2D eigenvalue weighted by atomic mass is 127. The summed E-state index contributed by atoms with van der Waals surface area (Å²) >= 11 is 0. The average molecular weight is 395 g/mol. The first-order valence-corrected chi connectivity index (χ1v) is 7.23. The van der Waals surface area contributed by atoms with Crippen molar-refractivity contribution in [3.05, 3.63) is 12.7 Å². The second-order valence-electron chi connectivity index (χ2n) is 5.08. The topological polar surface area (TPSA) is 42.9 Å². The van der Waals surface area contributed by atoms with Crippen molar-refractivity contribution in [1.82, 2.24) is 20.4 Å². The van der Waals surface area contributed by atoms with Gasteiger partial charge in [-0.1, -0.05) is 6.08 Å². The van der Waals surface area contributed by atoms with E-state index in [1.807, 2.05) is 6.08 Å². The Labute approximate surface area is 140 Å². The summed E-state index contributed by atoms with van der Waals surface area (Å²) in [4.78, 5) is 9.53. The summed E-state index contributed by atoms with van der Waals surface area (Å²) in [6.07, 6.45) is 1.84. The number of piperazine rings is 1. The zero-order chi connectivity index (χ0) is 14.1. The molecular formula is C14H30IN5. The Morgan fingerprint density at radius 2 is 1.95 bits per heavy atom. The standard InChI is InChI=1S/C14H29N5.HI/c1-5-7-16-14(15-6-2)17-12-13(3)19-10-8-18(4)9-11-19;/h5,13H,1,6-12H2,2-4H3,(H2,15,16,17);1H. The Bertz CT molecular complexity index is 287. The number of halogens is 1. The van der Waals surface area contributed by atoms with Crippen LogP contribution in [0.15, 0.2) is 17.6 Å². The smallest absolute Gasteiger partial charge is 0.191 e. The van der Waals surface area contributed by atoms with Gasteiger partial charge in [-0.2, -0.15) is 0 Å². The van der Waals surface area contributed by atoms with Gasteiger partial charge in [0.25, 0.3) is 0 Å². The molecule has 0 radical (unpaired) electrons. The van der Waals surface area contributed by atoms with Crippen LogP contribution >= 0.6 is 24.0 Å². The lowest BCUT2D eigenvalue weighted by Gasteiger charge is -2.35. The number of rotatable bonds is 6. The van der Waals surface area contributed by atoms with E-state index in [-0.39, 0.29) is 24.0 Å². The number of hydrogen-bond donors (Lipinski definition) is 2. The Kier molecular flexibility index (Phi) is 11.1. The van der Waals surface area contributed by atoms with E-state index in [2.05, 4.69) is 52.9 Å². The molecule has 1 aliphatic rings. The van der Waals surface area contributed by atoms with E-state index in [0.29, 0.717) is 6.04 Å². The minimum Gasteiger partial charge on any atom is -0.357 e. The van der Waals surface area contributed by atoms with Crippen molar-refractivity contribution in [3.63, 3.8) is 0 Å². The van der Waals surface area contributed by atoms with E-state index >= 15 is 0 Å². The highest BCUT2D eigenvalue weighted by Crippen LogP contribution is 2.05. The molecule has 1 rings (SSSR count). The van der Waals surface area contributed by atoms with E-state index in [4.69, 9.17) is 0 Å². The van der Waals surface area contributed by atoms with Crippen molar-refractivity contribution < 1.29 is 0 Å². The Morgan fingerprint density at radius 3 is 2.50 bits per heavy atom. The summed E-state index contributed by atoms with van der Waals surface area (Å²) in [6.45, 7) is 15.1. The summed E-state index contributed by atoms with van der Waals surface area (Å²) in [5.41, 5.74) is 0. The first-order valence-electron chi connectivity index (χ1n) is 7.23. The Hall–Kier alpha value is -0.340. The predicted octanol–water partition coefficient (Wildman–Crippen LogP) is 0.981. The van der Waals surface area contributed by atoms with Crippen molar-refractivity contribution >= 4 is 29.9 Å². The third-order valence-electron chi connectivity index (χ3n) is 3.43. The van der Waals surface area contributed by atoms with Crippen LogP contribution in [0, 0.1) is 0 Å². The SMILES string of the molecule is C=CCNC(=NCC(C)N1CCN(C)CC1)NCC.I. The minimum atomic E-state index is 0. The third-order valence-corrected chi connectivity index (χ3v) is 3.43. The summed E-state index contributed by atoms with van der Waals surface area (Å²) in [5, 5.41) is 6.48. The van der Waals surface area contributed by atoms with Crippen LogP contribution in [0.25, 0.3) is 0 Å². The van der Waals surface area contributed by atoms with Gasteiger partial charge in [0.15, 0.2) is 5.96 Å². The van der Waals surface area contributed by atoms with Crippen molar-refractivity contribution in [2.75, 3.05) is 52.9 Å². The largest absolute Gasteiger partial charge is 0.357 e. The molecule has 20 heavy (non-hydrogen) atoms. The van der Waals surface area contributed by atoms with Gasteiger partial charge in [-0.05, 0) is 20.9 Å². The highest BCUT2D eigenvalue weighted by Gasteiger charge is 2.18. The molecule has 0 aromatic rings. The summed E-state index contributed by atoms with van der Waals surface area (Å²) in [5.74, 6) is 0.878. The van der Waals surface area contributed by atoms with Crippen LogP contribution in [0.4, 0.5) is 0 Å². The van der Waals surface area contributed by atoms with E-state index < -0.39 is 0 Å². The maximum absolute atomic E-state index is 4.64. The lowest BCUT2D eigenvalue weighted by atomic mass is 10.2. The second-order valence-corrected chi connectivity index (χ2v) is 5.08. The number of nitrogens with one attached hydrogen (secondary N) is 2. The van der Waals surface area contributed by atoms with Crippen molar-refractivity contribution in [2.45, 2.75) is 19.9 Å². The predicted molar refractivity (Wildman–Crippen MR) is 98.1 cm³/mol. The van der Waals surface area contributed by atoms with Crippen LogP contribution in [0.1, 0.15) is 13.8 Å². The number of nitrogens with zero attached hydrogens (tertiary/aromatic N) is 3. The lowest BCUT2D eigenvalue weighted by molar-refractivity contribution is 0.122. The molecule has 2 N–H and O–H groups in total. The van der Waals surface area contributed by atoms with E-state index in [1.165, 1.54) is 0 Å². The van der Waals surface area contributed by atoms with Crippen LogP contribution in [0.5, 0.6) is 0 Å². The molecule has 0 amide bonds. The molecule has 0 bridgehead atoms. The molecule has 0 aromatic carbocycles. The zero-order valence-electron chi connectivity index (χ0n) is 13.1. The van der Waals surface area contributed by atoms with Crippen LogP contribution in [0.3, 0.4) is 0 Å². The Morgan fingerprint density at radius 1 is 1.30 bits per heavy atom. The van der Waals surface area contributed by atoms with Gasteiger partial charge < -0.3 is 15.5 Å². The van der Waals surface area contributed by atoms with Crippen LogP contribution in [0.2, 0.25) is 0 Å². The van der Waals surface area contributed by atoms with Gasteiger partial charge in [0.1, 0.15) is 0 Å². The molecule has 0 saturated carbocycles. The van der Waals surface area contributed by atoms with Gasteiger partial charge in [-0.15, -0.1) is 30.6 Å². The molecule has 118 valence electrons. The normalized spacial score (nSPS) is 19.1. The van der Waals surface area contributed by atoms with E-state index in [0.717, 1.165) is 51.8 Å². The highest BCUT2D eigenvalue weighted by molar-refractivity contribution is 14.0. The van der Waals surface area contributed by atoms with E-state index in [1.54, 1.807) is 0 Å². The molecule has 1 atom stereocenters. The van der Waals surface area contributed by atoms with Gasteiger partial charge in [0.05, 0.1) is 6.54 Å². The summed E-state index contributed by atoms with van der Waals surface area (Å²) in [7, 11) is 2.18. The molecule has 1 heterocycles. The van der Waals surface area contributed by atoms with Crippen LogP contribution < -0.4 is 10.6 Å². The number of likely N-dealkylation sites (N-methyl/N-ethyl adjacent to an activating group) is 1. The first kappa shape index (κ1) is 19.7. The summed E-state index contributed by atoms with van der Waals surface area (Å²) < 4.78 is 0.